The maximum absolute atomic E-state index is 10.6. The van der Waals surface area contributed by atoms with E-state index in [1.54, 1.807) is 24.3 Å². The molecule has 0 fully saturated rings. The van der Waals surface area contributed by atoms with E-state index in [4.69, 9.17) is 6.42 Å². The van der Waals surface area contributed by atoms with Crippen LogP contribution in [-0.4, -0.2) is 10.0 Å². The first-order chi connectivity index (χ1) is 10.1. The lowest BCUT2D eigenvalue weighted by Crippen LogP contribution is -2.06. The zero-order chi connectivity index (χ0) is 15.2. The van der Waals surface area contributed by atoms with Crippen LogP contribution in [0.5, 0.6) is 5.75 Å². The molecule has 0 heterocycles. The van der Waals surface area contributed by atoms with Gasteiger partial charge in [0.15, 0.2) is 0 Å². The van der Waals surface area contributed by atoms with Gasteiger partial charge in [0.25, 0.3) is 5.69 Å². The van der Waals surface area contributed by atoms with E-state index in [1.807, 2.05) is 12.1 Å². The molecule has 0 bridgehead atoms. The minimum atomic E-state index is -0.418. The Hall–Kier alpha value is -2.80. The molecule has 2 rings (SSSR count). The maximum atomic E-state index is 10.6. The number of terminal acetylenes is 1. The average Bonchev–Trinajstić information content (AvgIpc) is 2.49. The molecule has 1 unspecified atom stereocenters. The third-order valence-corrected chi connectivity index (χ3v) is 3.28. The molecule has 0 saturated heterocycles. The lowest BCUT2D eigenvalue weighted by molar-refractivity contribution is -0.384. The monoisotopic (exact) mass is 281 g/mol. The summed E-state index contributed by atoms with van der Waals surface area (Å²) in [7, 11) is 0. The molecule has 4 nitrogen and oxygen atoms in total. The van der Waals surface area contributed by atoms with Gasteiger partial charge in [-0.25, -0.2) is 0 Å². The van der Waals surface area contributed by atoms with Gasteiger partial charge in [-0.05, 0) is 36.1 Å². The van der Waals surface area contributed by atoms with Crippen LogP contribution >= 0.6 is 0 Å². The zero-order valence-electron chi connectivity index (χ0n) is 11.4. The predicted octanol–water partition coefficient (Wildman–Crippen LogP) is 3.34. The Kier molecular flexibility index (Phi) is 4.57. The van der Waals surface area contributed by atoms with Gasteiger partial charge in [0.05, 0.1) is 4.92 Å². The Bertz CT molecular complexity index is 654. The lowest BCUT2D eigenvalue weighted by Gasteiger charge is -2.11. The number of phenolic OH excluding ortho intramolecular Hbond substituents is 1. The van der Waals surface area contributed by atoms with Crippen LogP contribution < -0.4 is 0 Å². The largest absolute Gasteiger partial charge is 0.508 e. The van der Waals surface area contributed by atoms with E-state index in [1.165, 1.54) is 12.1 Å². The molecule has 0 saturated carbocycles. The van der Waals surface area contributed by atoms with Crippen LogP contribution in [0.15, 0.2) is 48.5 Å². The van der Waals surface area contributed by atoms with Crippen LogP contribution in [0.2, 0.25) is 0 Å². The number of phenols is 1. The molecule has 0 amide bonds. The molecule has 0 aromatic heterocycles. The Labute approximate surface area is 123 Å². The number of nitro groups is 1. The normalized spacial score (nSPS) is 11.6. The van der Waals surface area contributed by atoms with E-state index in [2.05, 4.69) is 5.92 Å². The van der Waals surface area contributed by atoms with Crippen molar-refractivity contribution in [2.75, 3.05) is 0 Å². The van der Waals surface area contributed by atoms with E-state index in [9.17, 15) is 15.2 Å². The van der Waals surface area contributed by atoms with Gasteiger partial charge in [0.2, 0.25) is 0 Å². The third kappa shape index (κ3) is 4.08. The van der Waals surface area contributed by atoms with Crippen LogP contribution in [0, 0.1) is 28.4 Å². The Balaban J connectivity index is 2.03. The van der Waals surface area contributed by atoms with E-state index < -0.39 is 4.92 Å². The van der Waals surface area contributed by atoms with Crippen molar-refractivity contribution in [1.82, 2.24) is 0 Å². The van der Waals surface area contributed by atoms with Crippen LogP contribution in [0.1, 0.15) is 11.1 Å². The summed E-state index contributed by atoms with van der Waals surface area (Å²) in [5.74, 6) is 2.99. The summed E-state index contributed by atoms with van der Waals surface area (Å²) in [5, 5.41) is 19.9. The fourth-order valence-corrected chi connectivity index (χ4v) is 2.14. The number of aromatic hydroxyl groups is 1. The van der Waals surface area contributed by atoms with Crippen LogP contribution in [-0.2, 0) is 12.8 Å². The number of nitro benzene ring substituents is 1. The second kappa shape index (κ2) is 6.58. The number of nitrogens with zero attached hydrogens (tertiary/aromatic N) is 1. The first kappa shape index (κ1) is 14.6. The van der Waals surface area contributed by atoms with E-state index in [0.717, 1.165) is 11.1 Å². The van der Waals surface area contributed by atoms with Gasteiger partial charge >= 0.3 is 0 Å². The topological polar surface area (TPSA) is 63.4 Å². The molecule has 1 atom stereocenters. The minimum absolute atomic E-state index is 0.0102. The average molecular weight is 281 g/mol. The number of hydrogen-bond donors (Lipinski definition) is 1. The van der Waals surface area contributed by atoms with Crippen molar-refractivity contribution in [2.24, 2.45) is 5.92 Å². The molecule has 0 aliphatic carbocycles. The van der Waals surface area contributed by atoms with Gasteiger partial charge in [0.1, 0.15) is 5.75 Å². The number of hydrogen-bond acceptors (Lipinski definition) is 3. The Morgan fingerprint density at radius 1 is 1.05 bits per heavy atom. The molecule has 4 heteroatoms. The predicted molar refractivity (Wildman–Crippen MR) is 80.9 cm³/mol. The molecule has 0 aliphatic rings. The molecule has 21 heavy (non-hydrogen) atoms. The van der Waals surface area contributed by atoms with Crippen LogP contribution in [0.4, 0.5) is 5.69 Å². The van der Waals surface area contributed by atoms with Crippen molar-refractivity contribution in [2.45, 2.75) is 12.8 Å². The van der Waals surface area contributed by atoms with E-state index >= 15 is 0 Å². The smallest absolute Gasteiger partial charge is 0.269 e. The minimum Gasteiger partial charge on any atom is -0.508 e. The quantitative estimate of drug-likeness (QED) is 0.519. The second-order valence-electron chi connectivity index (χ2n) is 4.86. The fourth-order valence-electron chi connectivity index (χ4n) is 2.14. The Morgan fingerprint density at radius 3 is 1.95 bits per heavy atom. The second-order valence-corrected chi connectivity index (χ2v) is 4.86. The highest BCUT2D eigenvalue weighted by Crippen LogP contribution is 2.18. The van der Waals surface area contributed by atoms with Crippen molar-refractivity contribution < 1.29 is 10.0 Å². The number of non-ortho nitro benzene ring substituents is 1. The molecular weight excluding hydrogens is 266 g/mol. The summed E-state index contributed by atoms with van der Waals surface area (Å²) in [6.07, 6.45) is 6.93. The standard InChI is InChI=1S/C17H15NO3/c1-2-13(12-15-5-9-17(19)10-6-15)11-14-3-7-16(8-4-14)18(20)21/h1,3-10,13,19H,11-12H2. The Morgan fingerprint density at radius 2 is 1.52 bits per heavy atom. The fraction of sp³-hybridized carbons (Fsp3) is 0.176. The zero-order valence-corrected chi connectivity index (χ0v) is 11.4. The maximum Gasteiger partial charge on any atom is 0.269 e. The molecular formula is C17H15NO3. The van der Waals surface area contributed by atoms with Gasteiger partial charge < -0.3 is 5.11 Å². The molecule has 0 aliphatic heterocycles. The summed E-state index contributed by atoms with van der Waals surface area (Å²) >= 11 is 0. The number of rotatable bonds is 5. The summed E-state index contributed by atoms with van der Waals surface area (Å²) in [6.45, 7) is 0. The lowest BCUT2D eigenvalue weighted by atomic mass is 9.93. The molecule has 2 aromatic carbocycles. The van der Waals surface area contributed by atoms with Gasteiger partial charge in [0, 0.05) is 18.1 Å². The summed E-state index contributed by atoms with van der Waals surface area (Å²) in [4.78, 5) is 10.2. The van der Waals surface area contributed by atoms with E-state index in [0.29, 0.717) is 12.8 Å². The summed E-state index contributed by atoms with van der Waals surface area (Å²) in [5.41, 5.74) is 2.11. The molecule has 1 N–H and O–H groups in total. The highest BCUT2D eigenvalue weighted by Gasteiger charge is 2.10. The highest BCUT2D eigenvalue weighted by atomic mass is 16.6. The first-order valence-electron chi connectivity index (χ1n) is 6.56. The highest BCUT2D eigenvalue weighted by molar-refractivity contribution is 5.34. The molecule has 2 aromatic rings. The van der Waals surface area contributed by atoms with Crippen molar-refractivity contribution in [3.63, 3.8) is 0 Å². The first-order valence-corrected chi connectivity index (χ1v) is 6.56. The molecule has 0 spiro atoms. The summed E-state index contributed by atoms with van der Waals surface area (Å²) in [6, 6.07) is 13.4. The third-order valence-electron chi connectivity index (χ3n) is 3.28. The van der Waals surface area contributed by atoms with Gasteiger partial charge in [-0.15, -0.1) is 12.3 Å². The van der Waals surface area contributed by atoms with Crippen LogP contribution in [0.3, 0.4) is 0 Å². The summed E-state index contributed by atoms with van der Waals surface area (Å²) < 4.78 is 0. The van der Waals surface area contributed by atoms with Gasteiger partial charge in [-0.3, -0.25) is 10.1 Å². The van der Waals surface area contributed by atoms with Crippen molar-refractivity contribution in [3.8, 4) is 18.1 Å². The van der Waals surface area contributed by atoms with E-state index in [-0.39, 0.29) is 17.4 Å². The van der Waals surface area contributed by atoms with Gasteiger partial charge in [-0.1, -0.05) is 24.3 Å². The number of benzene rings is 2. The van der Waals surface area contributed by atoms with Crippen molar-refractivity contribution in [1.29, 1.82) is 0 Å². The molecule has 106 valence electrons. The SMILES string of the molecule is C#CC(Cc1ccc(O)cc1)Cc1ccc([N+](=O)[O-])cc1. The van der Waals surface area contributed by atoms with Crippen LogP contribution in [0.25, 0.3) is 0 Å². The van der Waals surface area contributed by atoms with Gasteiger partial charge in [-0.2, -0.15) is 0 Å². The van der Waals surface area contributed by atoms with Crippen molar-refractivity contribution in [3.05, 3.63) is 69.8 Å². The van der Waals surface area contributed by atoms with Crippen molar-refractivity contribution >= 4 is 5.69 Å². The molecule has 0 radical (unpaired) electrons.